The summed E-state index contributed by atoms with van der Waals surface area (Å²) in [5.41, 5.74) is 0. The van der Waals surface area contributed by atoms with E-state index in [0.717, 1.165) is 6.41 Å². The second-order valence-electron chi connectivity index (χ2n) is 1.15. The fourth-order valence-corrected chi connectivity index (χ4v) is 0.242. The minimum absolute atomic E-state index is 0.00116. The second kappa shape index (κ2) is 3.35. The van der Waals surface area contributed by atoms with Crippen LogP contribution in [0.5, 0.6) is 0 Å². The molecule has 0 spiro atoms. The molecule has 0 saturated carbocycles. The maximum absolute atomic E-state index is 11.4. The van der Waals surface area contributed by atoms with E-state index in [4.69, 9.17) is 0 Å². The van der Waals surface area contributed by atoms with Gasteiger partial charge in [-0.2, -0.15) is 8.78 Å². The summed E-state index contributed by atoms with van der Waals surface area (Å²) in [6, 6.07) is 0. The summed E-state index contributed by atoms with van der Waals surface area (Å²) >= 11 is 0. The van der Waals surface area contributed by atoms with Gasteiger partial charge in [-0.3, -0.25) is 9.69 Å². The Morgan fingerprint density at radius 3 is 2.25 bits per heavy atom. The Morgan fingerprint density at radius 2 is 2.25 bits per heavy atom. The van der Waals surface area contributed by atoms with Crippen LogP contribution in [0.25, 0.3) is 0 Å². The van der Waals surface area contributed by atoms with E-state index < -0.39 is 6.55 Å². The van der Waals surface area contributed by atoms with Gasteiger partial charge in [-0.15, -0.1) is 0 Å². The maximum atomic E-state index is 11.4. The molecule has 47 valence electrons. The first-order valence-electron chi connectivity index (χ1n) is 2.15. The number of halogens is 2. The summed E-state index contributed by atoms with van der Waals surface area (Å²) in [7, 11) is 0. The van der Waals surface area contributed by atoms with Crippen LogP contribution in [0.15, 0.2) is 0 Å². The van der Waals surface area contributed by atoms with Crippen LogP contribution in [-0.2, 0) is 4.79 Å². The molecule has 1 radical (unpaired) electrons. The van der Waals surface area contributed by atoms with E-state index in [1.165, 1.54) is 6.92 Å². The molecule has 0 N–H and O–H groups in total. The second-order valence-corrected chi connectivity index (χ2v) is 1.15. The molecule has 0 aliphatic carbocycles. The van der Waals surface area contributed by atoms with Gasteiger partial charge in [0.05, 0.1) is 0 Å². The Hall–Kier alpha value is -0.670. The summed E-state index contributed by atoms with van der Waals surface area (Å²) < 4.78 is 22.7. The van der Waals surface area contributed by atoms with Crippen LogP contribution in [0, 0.1) is 0 Å². The summed E-state index contributed by atoms with van der Waals surface area (Å²) in [5, 5.41) is 0. The smallest absolute Gasteiger partial charge is 0.278 e. The zero-order valence-corrected chi connectivity index (χ0v) is 4.40. The van der Waals surface area contributed by atoms with Gasteiger partial charge in [0.1, 0.15) is 0 Å². The normalized spacial score (nSPS) is 9.50. The van der Waals surface area contributed by atoms with Crippen molar-refractivity contribution in [2.75, 3.05) is 6.54 Å². The average Bonchev–Trinajstić information content (AvgIpc) is 1.69. The number of carbonyl (C=O) groups excluding carboxylic acids is 1. The van der Waals surface area contributed by atoms with Gasteiger partial charge >= 0.3 is 13.0 Å². The Bertz CT molecular complexity index is 76.4. The van der Waals surface area contributed by atoms with E-state index in [1.54, 1.807) is 0 Å². The highest BCUT2D eigenvalue weighted by molar-refractivity contribution is 5.47. The minimum atomic E-state index is -2.71. The molecular weight excluding hydrogens is 116 g/mol. The highest BCUT2D eigenvalue weighted by atomic mass is 19.3. The van der Waals surface area contributed by atoms with Crippen LogP contribution in [0.4, 0.5) is 8.78 Å². The molecule has 0 aromatic rings. The molecule has 0 aromatic heterocycles. The zero-order chi connectivity index (χ0) is 6.57. The number of hydrogen-bond acceptors (Lipinski definition) is 1. The highest BCUT2D eigenvalue weighted by Crippen LogP contribution is 1.96. The largest absolute Gasteiger partial charge is 0.317 e. The van der Waals surface area contributed by atoms with Crippen LogP contribution in [-0.4, -0.2) is 24.4 Å². The molecule has 0 aliphatic heterocycles. The number of hydrogen-bond donors (Lipinski definition) is 0. The third-order valence-electron chi connectivity index (χ3n) is 0.694. The lowest BCUT2D eigenvalue weighted by atomic mass is 10.7. The van der Waals surface area contributed by atoms with Crippen LogP contribution in [0.1, 0.15) is 6.92 Å². The highest BCUT2D eigenvalue weighted by Gasteiger charge is 2.10. The Kier molecular flexibility index (Phi) is 3.07. The Morgan fingerprint density at radius 1 is 1.75 bits per heavy atom. The molecule has 0 bridgehead atoms. The van der Waals surface area contributed by atoms with E-state index >= 15 is 0 Å². The molecule has 2 nitrogen and oxygen atoms in total. The number of alkyl halides is 2. The van der Waals surface area contributed by atoms with Gasteiger partial charge in [-0.1, -0.05) is 0 Å². The third kappa shape index (κ3) is 1.86. The molecule has 0 fully saturated rings. The quantitative estimate of drug-likeness (QED) is 0.396. The summed E-state index contributed by atoms with van der Waals surface area (Å²) in [5.74, 6) is 0. The fraction of sp³-hybridized carbons (Fsp3) is 0.750. The van der Waals surface area contributed by atoms with Crippen LogP contribution >= 0.6 is 0 Å². The van der Waals surface area contributed by atoms with Crippen molar-refractivity contribution in [2.45, 2.75) is 13.5 Å². The monoisotopic (exact) mass is 122 g/mol. The number of amides is 1. The standard InChI is InChI=1S/C4H6F2NO/c1-2-7(3-8)4(5)6/h4H,2H2,1H3. The van der Waals surface area contributed by atoms with Gasteiger partial charge in [-0.05, 0) is 6.92 Å². The van der Waals surface area contributed by atoms with Gasteiger partial charge in [-0.25, -0.2) is 0 Å². The minimum Gasteiger partial charge on any atom is -0.278 e. The van der Waals surface area contributed by atoms with Gasteiger partial charge in [0.15, 0.2) is 0 Å². The lowest BCUT2D eigenvalue weighted by Gasteiger charge is -2.09. The fourth-order valence-electron chi connectivity index (χ4n) is 0.242. The first-order chi connectivity index (χ1) is 3.72. The first kappa shape index (κ1) is 7.33. The predicted molar refractivity (Wildman–Crippen MR) is 24.1 cm³/mol. The van der Waals surface area contributed by atoms with Gasteiger partial charge < -0.3 is 0 Å². The van der Waals surface area contributed by atoms with Crippen molar-refractivity contribution in [3.63, 3.8) is 0 Å². The molecule has 0 aromatic carbocycles. The van der Waals surface area contributed by atoms with Crippen molar-refractivity contribution in [1.82, 2.24) is 4.90 Å². The van der Waals surface area contributed by atoms with Crippen molar-refractivity contribution in [3.8, 4) is 0 Å². The molecule has 0 unspecified atom stereocenters. The number of rotatable bonds is 3. The molecule has 0 atom stereocenters. The molecule has 0 rings (SSSR count). The summed E-state index contributed by atoms with van der Waals surface area (Å²) in [6.07, 6.45) is 1.08. The Balaban J connectivity index is 3.51. The summed E-state index contributed by atoms with van der Waals surface area (Å²) in [4.78, 5) is 9.78. The summed E-state index contributed by atoms with van der Waals surface area (Å²) in [6.45, 7) is -1.25. The van der Waals surface area contributed by atoms with Gasteiger partial charge in [0.2, 0.25) is 0 Å². The molecule has 1 amide bonds. The van der Waals surface area contributed by atoms with Crippen LogP contribution in [0.3, 0.4) is 0 Å². The molecule has 0 heterocycles. The van der Waals surface area contributed by atoms with Crippen molar-refractivity contribution >= 4 is 6.41 Å². The number of nitrogens with zero attached hydrogens (tertiary/aromatic N) is 1. The van der Waals surface area contributed by atoms with Crippen LogP contribution in [0.2, 0.25) is 0 Å². The van der Waals surface area contributed by atoms with Crippen molar-refractivity contribution in [1.29, 1.82) is 0 Å². The van der Waals surface area contributed by atoms with Crippen LogP contribution < -0.4 is 0 Å². The SMILES string of the molecule is CCN([C]=O)C(F)F. The van der Waals surface area contributed by atoms with Crippen molar-refractivity contribution in [3.05, 3.63) is 0 Å². The average molecular weight is 122 g/mol. The molecule has 0 aliphatic rings. The topological polar surface area (TPSA) is 20.3 Å². The molecule has 0 saturated heterocycles. The molecule has 4 heteroatoms. The molecule has 8 heavy (non-hydrogen) atoms. The predicted octanol–water partition coefficient (Wildman–Crippen LogP) is 0.598. The van der Waals surface area contributed by atoms with E-state index in [2.05, 4.69) is 0 Å². The first-order valence-corrected chi connectivity index (χ1v) is 2.15. The lowest BCUT2D eigenvalue weighted by molar-refractivity contribution is 0.0230. The van der Waals surface area contributed by atoms with E-state index in [9.17, 15) is 13.6 Å². The van der Waals surface area contributed by atoms with Crippen molar-refractivity contribution < 1.29 is 13.6 Å². The Labute approximate surface area is 46.1 Å². The third-order valence-corrected chi connectivity index (χ3v) is 0.694. The van der Waals surface area contributed by atoms with E-state index in [-0.39, 0.29) is 11.4 Å². The lowest BCUT2D eigenvalue weighted by Crippen LogP contribution is -2.26. The van der Waals surface area contributed by atoms with E-state index in [1.807, 2.05) is 0 Å². The maximum Gasteiger partial charge on any atom is 0.317 e. The van der Waals surface area contributed by atoms with E-state index in [0.29, 0.717) is 0 Å². The van der Waals surface area contributed by atoms with Crippen molar-refractivity contribution in [2.24, 2.45) is 0 Å². The van der Waals surface area contributed by atoms with Gasteiger partial charge in [0.25, 0.3) is 0 Å². The molecular formula is C4H6F2NO. The zero-order valence-electron chi connectivity index (χ0n) is 4.40. The van der Waals surface area contributed by atoms with Gasteiger partial charge in [0, 0.05) is 6.54 Å².